The van der Waals surface area contributed by atoms with Gasteiger partial charge in [0.2, 0.25) is 15.6 Å². The summed E-state index contributed by atoms with van der Waals surface area (Å²) in [7, 11) is -4.03. The molecule has 0 saturated carbocycles. The summed E-state index contributed by atoms with van der Waals surface area (Å²) in [6, 6.07) is 20.3. The number of hydrogen-bond acceptors (Lipinski definition) is 6. The minimum Gasteiger partial charge on any atom is -0.396 e. The van der Waals surface area contributed by atoms with Crippen molar-refractivity contribution in [3.8, 4) is 0 Å². The summed E-state index contributed by atoms with van der Waals surface area (Å²) < 4.78 is 40.2. The second-order valence-corrected chi connectivity index (χ2v) is 10.1. The smallest absolute Gasteiger partial charge is 0.211 e. The molecule has 0 fully saturated rings. The predicted octanol–water partition coefficient (Wildman–Crippen LogP) is 5.59. The topological polar surface area (TPSA) is 89.3 Å². The molecule has 0 spiro atoms. The fourth-order valence-corrected chi connectivity index (χ4v) is 6.12. The fourth-order valence-electron chi connectivity index (χ4n) is 3.16. The molecule has 3 aromatic carbocycles. The van der Waals surface area contributed by atoms with Crippen LogP contribution in [0.3, 0.4) is 0 Å². The lowest BCUT2D eigenvalue weighted by Crippen LogP contribution is -2.08. The molecular formula is C24H19FN2O3S2. The maximum Gasteiger partial charge on any atom is 0.211 e. The van der Waals surface area contributed by atoms with Crippen molar-refractivity contribution in [2.45, 2.75) is 16.7 Å². The van der Waals surface area contributed by atoms with Gasteiger partial charge in [-0.3, -0.25) is 4.79 Å². The van der Waals surface area contributed by atoms with E-state index in [9.17, 15) is 17.6 Å². The van der Waals surface area contributed by atoms with Crippen molar-refractivity contribution in [1.29, 1.82) is 0 Å². The number of halogens is 1. The summed E-state index contributed by atoms with van der Waals surface area (Å²) in [6.07, 6.45) is 0. The number of benzene rings is 3. The normalized spacial score (nSPS) is 11.3. The monoisotopic (exact) mass is 466 g/mol. The minimum atomic E-state index is -4.03. The van der Waals surface area contributed by atoms with Crippen LogP contribution in [0.15, 0.2) is 88.7 Å². The Hall–Kier alpha value is -3.49. The van der Waals surface area contributed by atoms with Gasteiger partial charge >= 0.3 is 0 Å². The number of nitrogens with two attached hydrogens (primary N) is 1. The molecule has 0 aliphatic heterocycles. The van der Waals surface area contributed by atoms with Crippen LogP contribution in [0, 0.1) is 12.7 Å². The number of carbonyl (C=O) groups is 1. The molecule has 32 heavy (non-hydrogen) atoms. The highest BCUT2D eigenvalue weighted by Crippen LogP contribution is 2.44. The van der Waals surface area contributed by atoms with E-state index in [0.717, 1.165) is 16.9 Å². The molecule has 3 N–H and O–H groups in total. The Balaban J connectivity index is 1.87. The van der Waals surface area contributed by atoms with Gasteiger partial charge in [-0.15, -0.1) is 11.3 Å². The largest absolute Gasteiger partial charge is 0.396 e. The first-order chi connectivity index (χ1) is 15.3. The number of carbonyl (C=O) groups excluding carboxylic acids is 1. The van der Waals surface area contributed by atoms with Crippen LogP contribution in [0.5, 0.6) is 0 Å². The van der Waals surface area contributed by atoms with Crippen molar-refractivity contribution in [2.24, 2.45) is 0 Å². The van der Waals surface area contributed by atoms with E-state index in [2.05, 4.69) is 5.32 Å². The van der Waals surface area contributed by atoms with Crippen LogP contribution in [-0.4, -0.2) is 14.2 Å². The molecule has 0 amide bonds. The molecule has 0 bridgehead atoms. The molecule has 1 heterocycles. The van der Waals surface area contributed by atoms with Crippen molar-refractivity contribution in [3.05, 3.63) is 101 Å². The zero-order valence-electron chi connectivity index (χ0n) is 17.0. The number of sulfone groups is 1. The molecule has 0 radical (unpaired) electrons. The van der Waals surface area contributed by atoms with Crippen molar-refractivity contribution < 1.29 is 17.6 Å². The Bertz CT molecular complexity index is 1380. The molecule has 5 nitrogen and oxygen atoms in total. The van der Waals surface area contributed by atoms with E-state index < -0.39 is 15.7 Å². The standard InChI is InChI=1S/C24H19FN2O3S2/c1-15-7-9-16(10-8-15)21(28)22-20(26)23(32(29,30)19-5-3-2-4-6-19)24(31-22)27-18-13-11-17(25)12-14-18/h2-14,27H,26H2,1H3. The van der Waals surface area contributed by atoms with Gasteiger partial charge in [-0.25, -0.2) is 12.8 Å². The van der Waals surface area contributed by atoms with Crippen LogP contribution >= 0.6 is 11.3 Å². The molecule has 0 saturated heterocycles. The van der Waals surface area contributed by atoms with E-state index >= 15 is 0 Å². The quantitative estimate of drug-likeness (QED) is 0.362. The van der Waals surface area contributed by atoms with Crippen molar-refractivity contribution in [2.75, 3.05) is 11.1 Å². The molecule has 4 aromatic rings. The SMILES string of the molecule is Cc1ccc(C(=O)c2sc(Nc3ccc(F)cc3)c(S(=O)(=O)c3ccccc3)c2N)cc1. The van der Waals surface area contributed by atoms with Gasteiger partial charge in [0.15, 0.2) is 0 Å². The number of thiophene rings is 1. The Kier molecular flexibility index (Phi) is 5.82. The summed E-state index contributed by atoms with van der Waals surface area (Å²) in [5.74, 6) is -0.794. The third kappa shape index (κ3) is 4.15. The first kappa shape index (κ1) is 21.7. The van der Waals surface area contributed by atoms with Gasteiger partial charge in [-0.05, 0) is 43.3 Å². The zero-order chi connectivity index (χ0) is 22.9. The van der Waals surface area contributed by atoms with Crippen LogP contribution in [0.2, 0.25) is 0 Å². The highest BCUT2D eigenvalue weighted by molar-refractivity contribution is 7.92. The van der Waals surface area contributed by atoms with Crippen LogP contribution in [-0.2, 0) is 9.84 Å². The highest BCUT2D eigenvalue weighted by atomic mass is 32.2. The Morgan fingerprint density at radius 1 is 0.938 bits per heavy atom. The lowest BCUT2D eigenvalue weighted by Gasteiger charge is -2.09. The lowest BCUT2D eigenvalue weighted by molar-refractivity contribution is 0.104. The van der Waals surface area contributed by atoms with Crippen LogP contribution < -0.4 is 11.1 Å². The second kappa shape index (κ2) is 8.57. The van der Waals surface area contributed by atoms with Gasteiger partial charge in [-0.1, -0.05) is 48.0 Å². The van der Waals surface area contributed by atoms with Crippen molar-refractivity contribution in [3.63, 3.8) is 0 Å². The summed E-state index contributed by atoms with van der Waals surface area (Å²) in [6.45, 7) is 1.91. The fraction of sp³-hybridized carbons (Fsp3) is 0.0417. The number of hydrogen-bond donors (Lipinski definition) is 2. The Labute approximate surface area is 189 Å². The van der Waals surface area contributed by atoms with E-state index in [0.29, 0.717) is 11.3 Å². The van der Waals surface area contributed by atoms with E-state index in [1.807, 2.05) is 6.92 Å². The molecule has 162 valence electrons. The molecule has 0 aliphatic carbocycles. The molecular weight excluding hydrogens is 447 g/mol. The lowest BCUT2D eigenvalue weighted by atomic mass is 10.1. The van der Waals surface area contributed by atoms with Crippen LogP contribution in [0.25, 0.3) is 0 Å². The molecule has 0 aliphatic rings. The number of nitrogens with one attached hydrogen (secondary N) is 1. The Morgan fingerprint density at radius 2 is 1.56 bits per heavy atom. The van der Waals surface area contributed by atoms with Crippen molar-refractivity contribution >= 4 is 43.3 Å². The molecule has 0 unspecified atom stereocenters. The van der Waals surface area contributed by atoms with Crippen molar-refractivity contribution in [1.82, 2.24) is 0 Å². The maximum atomic E-state index is 13.5. The summed E-state index contributed by atoms with van der Waals surface area (Å²) in [5, 5.41) is 3.18. The molecule has 4 rings (SSSR count). The average molecular weight is 467 g/mol. The van der Waals surface area contributed by atoms with E-state index in [-0.39, 0.29) is 31.1 Å². The van der Waals surface area contributed by atoms with Gasteiger partial charge in [0.1, 0.15) is 20.6 Å². The van der Waals surface area contributed by atoms with Gasteiger partial charge in [0.05, 0.1) is 10.6 Å². The van der Waals surface area contributed by atoms with Crippen LogP contribution in [0.1, 0.15) is 20.8 Å². The van der Waals surface area contributed by atoms with Gasteiger partial charge < -0.3 is 11.1 Å². The maximum absolute atomic E-state index is 13.5. The summed E-state index contributed by atoms with van der Waals surface area (Å²) in [4.78, 5) is 13.2. The number of nitrogen functional groups attached to an aromatic ring is 1. The summed E-state index contributed by atoms with van der Waals surface area (Å²) >= 11 is 0.955. The van der Waals surface area contributed by atoms with Gasteiger partial charge in [0, 0.05) is 11.3 Å². The zero-order valence-corrected chi connectivity index (χ0v) is 18.6. The second-order valence-electron chi connectivity index (χ2n) is 7.15. The summed E-state index contributed by atoms with van der Waals surface area (Å²) in [5.41, 5.74) is 8.03. The third-order valence-electron chi connectivity index (χ3n) is 4.84. The van der Waals surface area contributed by atoms with E-state index in [1.54, 1.807) is 42.5 Å². The minimum absolute atomic E-state index is 0.0565. The predicted molar refractivity (Wildman–Crippen MR) is 125 cm³/mol. The number of ketones is 1. The van der Waals surface area contributed by atoms with Gasteiger partial charge in [-0.2, -0.15) is 0 Å². The third-order valence-corrected chi connectivity index (χ3v) is 7.95. The van der Waals surface area contributed by atoms with E-state index in [1.165, 1.54) is 36.4 Å². The van der Waals surface area contributed by atoms with Gasteiger partial charge in [0.25, 0.3) is 0 Å². The molecule has 0 atom stereocenters. The molecule has 1 aromatic heterocycles. The number of aryl methyl sites for hydroxylation is 1. The molecule has 8 heteroatoms. The first-order valence-electron chi connectivity index (χ1n) is 9.64. The highest BCUT2D eigenvalue weighted by Gasteiger charge is 2.31. The average Bonchev–Trinajstić information content (AvgIpc) is 3.12. The Morgan fingerprint density at radius 3 is 2.19 bits per heavy atom. The number of rotatable bonds is 6. The van der Waals surface area contributed by atoms with Crippen LogP contribution in [0.4, 0.5) is 20.8 Å². The first-order valence-corrected chi connectivity index (χ1v) is 11.9. The number of anilines is 3. The van der Waals surface area contributed by atoms with E-state index in [4.69, 9.17) is 5.73 Å².